The Morgan fingerprint density at radius 2 is 1.97 bits per heavy atom. The van der Waals surface area contributed by atoms with Crippen LogP contribution in [0.5, 0.6) is 17.5 Å². The Kier molecular flexibility index (Phi) is 6.06. The molecule has 0 unspecified atom stereocenters. The number of primary amides is 1. The summed E-state index contributed by atoms with van der Waals surface area (Å²) in [5.74, 6) is -2.75. The minimum atomic E-state index is -0.948. The number of aromatic nitrogens is 3. The Labute approximate surface area is 170 Å². The number of benzene rings is 1. The number of pyridine rings is 1. The van der Waals surface area contributed by atoms with E-state index in [-0.39, 0.29) is 23.6 Å². The van der Waals surface area contributed by atoms with E-state index < -0.39 is 29.1 Å². The van der Waals surface area contributed by atoms with Crippen LogP contribution in [0.4, 0.5) is 0 Å². The number of hydrogen-bond acceptors (Lipinski definition) is 8. The van der Waals surface area contributed by atoms with E-state index in [1.54, 1.807) is 30.3 Å². The van der Waals surface area contributed by atoms with Crippen LogP contribution < -0.4 is 16.0 Å². The number of carbonyl (C=O) groups is 2. The molecule has 2 heterocycles. The molecular formula is C20H18N4O6. The number of nitrogens with two attached hydrogens (primary N) is 1. The monoisotopic (exact) mass is 410 g/mol. The summed E-state index contributed by atoms with van der Waals surface area (Å²) in [6.07, 6.45) is 3.77. The quantitative estimate of drug-likeness (QED) is 0.494. The third-order valence-corrected chi connectivity index (χ3v) is 4.27. The first-order valence-corrected chi connectivity index (χ1v) is 8.76. The van der Waals surface area contributed by atoms with E-state index in [1.807, 2.05) is 0 Å². The lowest BCUT2D eigenvalue weighted by molar-refractivity contribution is -0.118. The molecule has 0 fully saturated rings. The summed E-state index contributed by atoms with van der Waals surface area (Å²) in [6, 6.07) is 8.21. The van der Waals surface area contributed by atoms with Crippen molar-refractivity contribution in [1.82, 2.24) is 15.0 Å². The van der Waals surface area contributed by atoms with E-state index in [0.717, 1.165) is 13.3 Å². The van der Waals surface area contributed by atoms with E-state index in [2.05, 4.69) is 19.7 Å². The van der Waals surface area contributed by atoms with Crippen LogP contribution in [0.25, 0.3) is 0 Å². The number of amides is 1. The SMILES string of the molecule is COC(=O)c1c[nH]c(=O)c([C@H](CC(N)=O)c2cccc(Oc3ncccn3)c2)c1O. The van der Waals surface area contributed by atoms with E-state index in [1.165, 1.54) is 12.4 Å². The van der Waals surface area contributed by atoms with Crippen LogP contribution in [0.3, 0.4) is 0 Å². The van der Waals surface area contributed by atoms with Crippen molar-refractivity contribution in [2.45, 2.75) is 12.3 Å². The molecule has 154 valence electrons. The van der Waals surface area contributed by atoms with E-state index in [9.17, 15) is 19.5 Å². The third-order valence-electron chi connectivity index (χ3n) is 4.27. The van der Waals surface area contributed by atoms with Crippen molar-refractivity contribution in [1.29, 1.82) is 0 Å². The molecular weight excluding hydrogens is 392 g/mol. The second-order valence-electron chi connectivity index (χ2n) is 6.21. The van der Waals surface area contributed by atoms with Gasteiger partial charge in [0, 0.05) is 30.9 Å². The van der Waals surface area contributed by atoms with Gasteiger partial charge in [-0.3, -0.25) is 9.59 Å². The second kappa shape index (κ2) is 8.86. The van der Waals surface area contributed by atoms with Gasteiger partial charge in [-0.1, -0.05) is 12.1 Å². The van der Waals surface area contributed by atoms with Crippen LogP contribution in [0.2, 0.25) is 0 Å². The van der Waals surface area contributed by atoms with Gasteiger partial charge in [0.1, 0.15) is 17.1 Å². The van der Waals surface area contributed by atoms with Gasteiger partial charge in [0.2, 0.25) is 5.91 Å². The summed E-state index contributed by atoms with van der Waals surface area (Å²) in [7, 11) is 1.14. The molecule has 3 aromatic rings. The zero-order valence-corrected chi connectivity index (χ0v) is 15.9. The Balaban J connectivity index is 2.08. The molecule has 0 saturated carbocycles. The van der Waals surface area contributed by atoms with Gasteiger partial charge in [-0.25, -0.2) is 14.8 Å². The van der Waals surface area contributed by atoms with Crippen LogP contribution in [0.1, 0.15) is 33.8 Å². The van der Waals surface area contributed by atoms with Crippen LogP contribution in [0.15, 0.2) is 53.7 Å². The van der Waals surface area contributed by atoms with Crippen molar-refractivity contribution in [3.05, 3.63) is 76.0 Å². The highest BCUT2D eigenvalue weighted by molar-refractivity contribution is 5.92. The number of hydrogen-bond donors (Lipinski definition) is 3. The lowest BCUT2D eigenvalue weighted by Crippen LogP contribution is -2.23. The number of aromatic hydroxyl groups is 1. The van der Waals surface area contributed by atoms with E-state index in [0.29, 0.717) is 11.3 Å². The molecule has 10 heteroatoms. The molecule has 2 aromatic heterocycles. The summed E-state index contributed by atoms with van der Waals surface area (Å²) in [4.78, 5) is 46.4. The molecule has 10 nitrogen and oxygen atoms in total. The average Bonchev–Trinajstić information content (AvgIpc) is 2.73. The van der Waals surface area contributed by atoms with Gasteiger partial charge in [-0.05, 0) is 23.8 Å². The molecule has 1 aromatic carbocycles. The normalized spacial score (nSPS) is 11.5. The maximum atomic E-state index is 12.5. The molecule has 1 amide bonds. The first-order valence-electron chi connectivity index (χ1n) is 8.76. The standard InChI is InChI=1S/C20H18N4O6/c1-29-19(28)14-10-24-18(27)16(17(14)26)13(9-15(21)25)11-4-2-5-12(8-11)30-20-22-6-3-7-23-20/h2-8,10,13H,9H2,1H3,(H2,21,25)(H2,24,26,27)/t13-/m1/s1. The molecule has 0 aliphatic carbocycles. The molecule has 30 heavy (non-hydrogen) atoms. The Morgan fingerprint density at radius 3 is 2.63 bits per heavy atom. The summed E-state index contributed by atoms with van der Waals surface area (Å²) < 4.78 is 10.2. The maximum absolute atomic E-state index is 12.5. The Bertz CT molecular complexity index is 1130. The number of ether oxygens (including phenoxy) is 2. The second-order valence-corrected chi connectivity index (χ2v) is 6.21. The molecule has 0 spiro atoms. The summed E-state index contributed by atoms with van der Waals surface area (Å²) in [5.41, 5.74) is 4.72. The van der Waals surface area contributed by atoms with Gasteiger partial charge < -0.3 is 25.3 Å². The topological polar surface area (TPSA) is 157 Å². The van der Waals surface area contributed by atoms with Gasteiger partial charge >= 0.3 is 12.0 Å². The predicted molar refractivity (Wildman–Crippen MR) is 104 cm³/mol. The number of carbonyl (C=O) groups excluding carboxylic acids is 2. The van der Waals surface area contributed by atoms with Crippen molar-refractivity contribution in [3.63, 3.8) is 0 Å². The highest BCUT2D eigenvalue weighted by Crippen LogP contribution is 2.35. The fourth-order valence-corrected chi connectivity index (χ4v) is 2.95. The molecule has 0 bridgehead atoms. The zero-order chi connectivity index (χ0) is 21.7. The molecule has 0 saturated heterocycles. The van der Waals surface area contributed by atoms with Crippen molar-refractivity contribution >= 4 is 11.9 Å². The zero-order valence-electron chi connectivity index (χ0n) is 15.9. The van der Waals surface area contributed by atoms with Crippen molar-refractivity contribution in [3.8, 4) is 17.5 Å². The smallest absolute Gasteiger partial charge is 0.343 e. The fourth-order valence-electron chi connectivity index (χ4n) is 2.95. The first kappa shape index (κ1) is 20.5. The summed E-state index contributed by atoms with van der Waals surface area (Å²) in [5, 5.41) is 10.6. The van der Waals surface area contributed by atoms with E-state index in [4.69, 9.17) is 10.5 Å². The fraction of sp³-hybridized carbons (Fsp3) is 0.150. The predicted octanol–water partition coefficient (Wildman–Crippen LogP) is 1.46. The molecule has 1 atom stereocenters. The first-order chi connectivity index (χ1) is 14.4. The number of nitrogens with zero attached hydrogens (tertiary/aromatic N) is 2. The summed E-state index contributed by atoms with van der Waals surface area (Å²) >= 11 is 0. The van der Waals surface area contributed by atoms with Crippen LogP contribution >= 0.6 is 0 Å². The van der Waals surface area contributed by atoms with E-state index >= 15 is 0 Å². The van der Waals surface area contributed by atoms with Gasteiger partial charge in [-0.15, -0.1) is 0 Å². The molecule has 0 aliphatic rings. The number of nitrogens with one attached hydrogen (secondary N) is 1. The number of methoxy groups -OCH3 is 1. The van der Waals surface area contributed by atoms with Gasteiger partial charge in [0.05, 0.1) is 12.7 Å². The minimum absolute atomic E-state index is 0.106. The third kappa shape index (κ3) is 4.43. The van der Waals surface area contributed by atoms with Crippen LogP contribution in [-0.2, 0) is 9.53 Å². The van der Waals surface area contributed by atoms with Crippen molar-refractivity contribution in [2.75, 3.05) is 7.11 Å². The van der Waals surface area contributed by atoms with Crippen LogP contribution in [0, 0.1) is 0 Å². The largest absolute Gasteiger partial charge is 0.506 e. The molecule has 3 rings (SSSR count). The number of esters is 1. The Hall–Kier alpha value is -4.21. The molecule has 0 aliphatic heterocycles. The number of H-pyrrole nitrogens is 1. The Morgan fingerprint density at radius 1 is 1.23 bits per heavy atom. The molecule has 4 N–H and O–H groups in total. The van der Waals surface area contributed by atoms with Crippen molar-refractivity contribution < 1.29 is 24.2 Å². The van der Waals surface area contributed by atoms with Crippen LogP contribution in [-0.4, -0.2) is 39.0 Å². The number of aromatic amines is 1. The lowest BCUT2D eigenvalue weighted by Gasteiger charge is -2.18. The lowest BCUT2D eigenvalue weighted by atomic mass is 9.87. The maximum Gasteiger partial charge on any atom is 0.343 e. The highest BCUT2D eigenvalue weighted by Gasteiger charge is 2.27. The summed E-state index contributed by atoms with van der Waals surface area (Å²) in [6.45, 7) is 0. The van der Waals surface area contributed by atoms with Gasteiger partial charge in [-0.2, -0.15) is 0 Å². The molecule has 0 radical (unpaired) electrons. The number of rotatable bonds is 7. The van der Waals surface area contributed by atoms with Crippen molar-refractivity contribution in [2.24, 2.45) is 5.73 Å². The average molecular weight is 410 g/mol. The van der Waals surface area contributed by atoms with Gasteiger partial charge in [0.15, 0.2) is 0 Å². The van der Waals surface area contributed by atoms with Gasteiger partial charge in [0.25, 0.3) is 5.56 Å². The highest BCUT2D eigenvalue weighted by atomic mass is 16.5. The minimum Gasteiger partial charge on any atom is -0.506 e.